The molecule has 0 bridgehead atoms. The van der Waals surface area contributed by atoms with Crippen molar-refractivity contribution >= 4 is 33.2 Å². The van der Waals surface area contributed by atoms with Crippen molar-refractivity contribution in [3.05, 3.63) is 28.2 Å². The lowest BCUT2D eigenvalue weighted by Crippen LogP contribution is -2.36. The third kappa shape index (κ3) is 3.15. The number of methoxy groups -OCH3 is 1. The Morgan fingerprint density at radius 3 is 2.65 bits per heavy atom. The SMILES string of the molecule is COC1CCN(c2ccc(CCl)cc2Br)CC1. The summed E-state index contributed by atoms with van der Waals surface area (Å²) in [6.07, 6.45) is 2.62. The first-order chi connectivity index (χ1) is 8.24. The van der Waals surface area contributed by atoms with Crippen LogP contribution in [0.1, 0.15) is 18.4 Å². The molecule has 0 unspecified atom stereocenters. The molecule has 1 saturated heterocycles. The molecule has 0 aliphatic carbocycles. The summed E-state index contributed by atoms with van der Waals surface area (Å²) in [5.74, 6) is 0.560. The summed E-state index contributed by atoms with van der Waals surface area (Å²) in [7, 11) is 1.80. The summed E-state index contributed by atoms with van der Waals surface area (Å²) in [5.41, 5.74) is 2.41. The van der Waals surface area contributed by atoms with Gasteiger partial charge in [0.15, 0.2) is 0 Å². The molecule has 0 amide bonds. The van der Waals surface area contributed by atoms with Crippen molar-refractivity contribution in [3.8, 4) is 0 Å². The first kappa shape index (κ1) is 13.2. The Labute approximate surface area is 116 Å². The molecule has 94 valence electrons. The number of alkyl halides is 1. The van der Waals surface area contributed by atoms with E-state index in [0.717, 1.165) is 36.0 Å². The van der Waals surface area contributed by atoms with Crippen LogP contribution < -0.4 is 4.90 Å². The van der Waals surface area contributed by atoms with Crippen LogP contribution in [-0.2, 0) is 10.6 Å². The van der Waals surface area contributed by atoms with Crippen LogP contribution in [0, 0.1) is 0 Å². The largest absolute Gasteiger partial charge is 0.381 e. The maximum atomic E-state index is 5.82. The van der Waals surface area contributed by atoms with Gasteiger partial charge in [-0.25, -0.2) is 0 Å². The van der Waals surface area contributed by atoms with Gasteiger partial charge < -0.3 is 9.64 Å². The van der Waals surface area contributed by atoms with E-state index < -0.39 is 0 Å². The molecular formula is C13H17BrClNO. The average Bonchev–Trinajstić information content (AvgIpc) is 2.39. The second-order valence-corrected chi connectivity index (χ2v) is 5.46. The second-order valence-electron chi connectivity index (χ2n) is 4.34. The Morgan fingerprint density at radius 2 is 2.12 bits per heavy atom. The van der Waals surface area contributed by atoms with Crippen molar-refractivity contribution in [2.45, 2.75) is 24.8 Å². The summed E-state index contributed by atoms with van der Waals surface area (Å²) < 4.78 is 6.52. The third-order valence-corrected chi connectivity index (χ3v) is 4.23. The Morgan fingerprint density at radius 1 is 1.41 bits per heavy atom. The summed E-state index contributed by atoms with van der Waals surface area (Å²) in [6, 6.07) is 6.34. The molecule has 4 heteroatoms. The highest BCUT2D eigenvalue weighted by Crippen LogP contribution is 2.30. The monoisotopic (exact) mass is 317 g/mol. The summed E-state index contributed by atoms with van der Waals surface area (Å²) in [6.45, 7) is 2.11. The molecule has 0 N–H and O–H groups in total. The smallest absolute Gasteiger partial charge is 0.0605 e. The number of anilines is 1. The summed E-state index contributed by atoms with van der Waals surface area (Å²) >= 11 is 9.45. The molecule has 1 aliphatic heterocycles. The normalized spacial score (nSPS) is 17.5. The Balaban J connectivity index is 2.08. The van der Waals surface area contributed by atoms with Gasteiger partial charge in [0, 0.05) is 30.6 Å². The first-order valence-electron chi connectivity index (χ1n) is 5.86. The van der Waals surface area contributed by atoms with Gasteiger partial charge in [0.05, 0.1) is 11.8 Å². The molecule has 0 atom stereocenters. The molecule has 1 aromatic carbocycles. The van der Waals surface area contributed by atoms with Crippen molar-refractivity contribution in [3.63, 3.8) is 0 Å². The molecule has 2 rings (SSSR count). The quantitative estimate of drug-likeness (QED) is 0.786. The fraction of sp³-hybridized carbons (Fsp3) is 0.538. The van der Waals surface area contributed by atoms with E-state index in [4.69, 9.17) is 16.3 Å². The standard InChI is InChI=1S/C13H17BrClNO/c1-17-11-4-6-16(7-5-11)13-3-2-10(9-15)8-12(13)14/h2-3,8,11H,4-7,9H2,1H3. The van der Waals surface area contributed by atoms with Crippen molar-refractivity contribution in [2.24, 2.45) is 0 Å². The van der Waals surface area contributed by atoms with Crippen LogP contribution >= 0.6 is 27.5 Å². The van der Waals surface area contributed by atoms with Crippen molar-refractivity contribution in [2.75, 3.05) is 25.1 Å². The summed E-state index contributed by atoms with van der Waals surface area (Å²) in [5, 5.41) is 0. The van der Waals surface area contributed by atoms with Crippen LogP contribution in [0.3, 0.4) is 0 Å². The maximum Gasteiger partial charge on any atom is 0.0605 e. The van der Waals surface area contributed by atoms with Gasteiger partial charge in [-0.2, -0.15) is 0 Å². The predicted molar refractivity (Wildman–Crippen MR) is 75.9 cm³/mol. The molecule has 17 heavy (non-hydrogen) atoms. The molecule has 0 aromatic heterocycles. The fourth-order valence-corrected chi connectivity index (χ4v) is 3.07. The van der Waals surface area contributed by atoms with Crippen LogP contribution in [0.15, 0.2) is 22.7 Å². The van der Waals surface area contributed by atoms with Crippen molar-refractivity contribution in [1.29, 1.82) is 0 Å². The third-order valence-electron chi connectivity index (χ3n) is 3.28. The number of halogens is 2. The molecule has 1 fully saturated rings. The number of nitrogens with zero attached hydrogens (tertiary/aromatic N) is 1. The van der Waals surface area contributed by atoms with Crippen molar-refractivity contribution in [1.82, 2.24) is 0 Å². The number of benzene rings is 1. The van der Waals surface area contributed by atoms with E-state index in [1.165, 1.54) is 5.69 Å². The van der Waals surface area contributed by atoms with E-state index in [2.05, 4.69) is 39.0 Å². The zero-order valence-electron chi connectivity index (χ0n) is 9.96. The minimum atomic E-state index is 0.423. The second kappa shape index (κ2) is 6.07. The topological polar surface area (TPSA) is 12.5 Å². The van der Waals surface area contributed by atoms with E-state index in [9.17, 15) is 0 Å². The number of rotatable bonds is 3. The number of ether oxygens (including phenoxy) is 1. The zero-order chi connectivity index (χ0) is 12.3. The number of hydrogen-bond acceptors (Lipinski definition) is 2. The van der Waals surface area contributed by atoms with Crippen LogP contribution in [0.2, 0.25) is 0 Å². The molecule has 2 nitrogen and oxygen atoms in total. The van der Waals surface area contributed by atoms with Crippen LogP contribution in [0.4, 0.5) is 5.69 Å². The number of piperidine rings is 1. The lowest BCUT2D eigenvalue weighted by Gasteiger charge is -2.33. The molecule has 0 spiro atoms. The highest BCUT2D eigenvalue weighted by molar-refractivity contribution is 9.10. The van der Waals surface area contributed by atoms with Gasteiger partial charge in [-0.15, -0.1) is 11.6 Å². The molecule has 0 saturated carbocycles. The van der Waals surface area contributed by atoms with E-state index >= 15 is 0 Å². The van der Waals surface area contributed by atoms with E-state index in [1.807, 2.05) is 0 Å². The minimum absolute atomic E-state index is 0.423. The van der Waals surface area contributed by atoms with E-state index in [1.54, 1.807) is 7.11 Å². The lowest BCUT2D eigenvalue weighted by atomic mass is 10.1. The highest BCUT2D eigenvalue weighted by Gasteiger charge is 2.20. The average molecular weight is 319 g/mol. The molecule has 1 aromatic rings. The Bertz CT molecular complexity index is 378. The van der Waals surface area contributed by atoms with Gasteiger partial charge in [0.1, 0.15) is 0 Å². The highest BCUT2D eigenvalue weighted by atomic mass is 79.9. The first-order valence-corrected chi connectivity index (χ1v) is 7.19. The minimum Gasteiger partial charge on any atom is -0.381 e. The van der Waals surface area contributed by atoms with Gasteiger partial charge in [-0.05, 0) is 46.5 Å². The molecular weight excluding hydrogens is 302 g/mol. The maximum absolute atomic E-state index is 5.82. The van der Waals surface area contributed by atoms with Gasteiger partial charge in [-0.3, -0.25) is 0 Å². The van der Waals surface area contributed by atoms with Crippen molar-refractivity contribution < 1.29 is 4.74 Å². The van der Waals surface area contributed by atoms with Crippen LogP contribution in [-0.4, -0.2) is 26.3 Å². The van der Waals surface area contributed by atoms with Gasteiger partial charge in [-0.1, -0.05) is 6.07 Å². The zero-order valence-corrected chi connectivity index (χ0v) is 12.3. The lowest BCUT2D eigenvalue weighted by molar-refractivity contribution is 0.0819. The van der Waals surface area contributed by atoms with Gasteiger partial charge in [0.2, 0.25) is 0 Å². The van der Waals surface area contributed by atoms with E-state index in [0.29, 0.717) is 12.0 Å². The van der Waals surface area contributed by atoms with Gasteiger partial charge >= 0.3 is 0 Å². The van der Waals surface area contributed by atoms with Gasteiger partial charge in [0.25, 0.3) is 0 Å². The molecule has 1 heterocycles. The van der Waals surface area contributed by atoms with E-state index in [-0.39, 0.29) is 0 Å². The fourth-order valence-electron chi connectivity index (χ4n) is 2.22. The Kier molecular flexibility index (Phi) is 4.71. The van der Waals surface area contributed by atoms with Crippen LogP contribution in [0.5, 0.6) is 0 Å². The Hall–Kier alpha value is -0.250. The summed E-state index contributed by atoms with van der Waals surface area (Å²) in [4.78, 5) is 2.40. The predicted octanol–water partition coefficient (Wildman–Crippen LogP) is 3.80. The molecule has 1 aliphatic rings. The molecule has 0 radical (unpaired) electrons. The number of hydrogen-bond donors (Lipinski definition) is 0. The van der Waals surface area contributed by atoms with Crippen LogP contribution in [0.25, 0.3) is 0 Å².